The normalized spacial score (nSPS) is 11.1. The lowest BCUT2D eigenvalue weighted by Gasteiger charge is -2.02. The maximum atomic E-state index is 11.9. The molecule has 0 aliphatic heterocycles. The Labute approximate surface area is 169 Å². The van der Waals surface area contributed by atoms with E-state index in [1.165, 1.54) is 12.1 Å². The largest absolute Gasteiger partial charge is 0.310 e. The van der Waals surface area contributed by atoms with Crippen LogP contribution in [0, 0.1) is 10.1 Å². The molecule has 0 spiro atoms. The van der Waals surface area contributed by atoms with E-state index >= 15 is 0 Å². The third-order valence-corrected chi connectivity index (χ3v) is 4.40. The van der Waals surface area contributed by atoms with E-state index < -0.39 is 4.92 Å². The Hall–Kier alpha value is -3.80. The number of thioether (sulfide) groups is 1. The first-order valence-corrected chi connectivity index (χ1v) is 9.31. The Morgan fingerprint density at radius 3 is 2.76 bits per heavy atom. The van der Waals surface area contributed by atoms with E-state index in [4.69, 9.17) is 0 Å². The summed E-state index contributed by atoms with van der Waals surface area (Å²) in [5, 5.41) is 24.6. The number of carbonyl (C=O) groups is 1. The number of hydrogen-bond donors (Lipinski definition) is 3. The predicted molar refractivity (Wildman–Crippen MR) is 109 cm³/mol. The van der Waals surface area contributed by atoms with E-state index in [9.17, 15) is 14.9 Å². The van der Waals surface area contributed by atoms with Gasteiger partial charge in [-0.2, -0.15) is 10.1 Å². The van der Waals surface area contributed by atoms with Crippen LogP contribution in [0.1, 0.15) is 12.5 Å². The molecular weight excluding hydrogens is 396 g/mol. The minimum atomic E-state index is -0.459. The Balaban J connectivity index is 1.51. The van der Waals surface area contributed by atoms with Crippen molar-refractivity contribution in [3.05, 3.63) is 64.3 Å². The monoisotopic (exact) mass is 412 g/mol. The number of carbonyl (C=O) groups excluding carboxylic acids is 1. The quantitative estimate of drug-likeness (QED) is 0.221. The van der Waals surface area contributed by atoms with Gasteiger partial charge < -0.3 is 5.32 Å². The third-order valence-electron chi connectivity index (χ3n) is 3.56. The molecule has 1 aromatic carbocycles. The predicted octanol–water partition coefficient (Wildman–Crippen LogP) is 2.67. The topological polar surface area (TPSA) is 151 Å². The molecule has 0 atom stereocenters. The van der Waals surface area contributed by atoms with Gasteiger partial charge in [0.2, 0.25) is 17.0 Å². The van der Waals surface area contributed by atoms with Crippen LogP contribution < -0.4 is 10.7 Å². The van der Waals surface area contributed by atoms with Crippen molar-refractivity contribution in [1.29, 1.82) is 0 Å². The molecular formula is C17H16N8O3S. The number of nitrogens with zero attached hydrogens (tertiary/aromatic N) is 5. The summed E-state index contributed by atoms with van der Waals surface area (Å²) in [4.78, 5) is 30.4. The van der Waals surface area contributed by atoms with Crippen molar-refractivity contribution >= 4 is 40.8 Å². The molecule has 148 valence electrons. The van der Waals surface area contributed by atoms with Gasteiger partial charge in [0.15, 0.2) is 0 Å². The number of aromatic amines is 1. The zero-order valence-electron chi connectivity index (χ0n) is 15.2. The highest BCUT2D eigenvalue weighted by Crippen LogP contribution is 2.15. The van der Waals surface area contributed by atoms with Gasteiger partial charge in [0, 0.05) is 18.3 Å². The average molecular weight is 412 g/mol. The van der Waals surface area contributed by atoms with Gasteiger partial charge >= 0.3 is 0 Å². The maximum Gasteiger partial charge on any atom is 0.269 e. The number of nitrogens with one attached hydrogen (secondary N) is 3. The summed E-state index contributed by atoms with van der Waals surface area (Å²) in [5.74, 6) is 0.685. The first kappa shape index (κ1) is 19.9. The zero-order chi connectivity index (χ0) is 20.6. The SMILES string of the molecule is C/C(=N/Nc1nc(SCC(=O)Nc2ccccn2)n[nH]1)c1ccc([N+](=O)[O-])cc1. The van der Waals surface area contributed by atoms with E-state index in [1.54, 1.807) is 43.5 Å². The van der Waals surface area contributed by atoms with Crippen LogP contribution in [0.3, 0.4) is 0 Å². The van der Waals surface area contributed by atoms with Crippen molar-refractivity contribution in [3.8, 4) is 0 Å². The lowest BCUT2D eigenvalue weighted by atomic mass is 10.1. The van der Waals surface area contributed by atoms with Crippen molar-refractivity contribution in [1.82, 2.24) is 20.2 Å². The molecule has 0 bridgehead atoms. The van der Waals surface area contributed by atoms with E-state index in [-0.39, 0.29) is 17.3 Å². The van der Waals surface area contributed by atoms with E-state index in [2.05, 4.69) is 36.0 Å². The number of nitro benzene ring substituents is 1. The van der Waals surface area contributed by atoms with Crippen LogP contribution in [-0.2, 0) is 4.79 Å². The molecule has 3 aromatic rings. The van der Waals surface area contributed by atoms with Crippen molar-refractivity contribution in [2.75, 3.05) is 16.5 Å². The molecule has 12 heteroatoms. The Morgan fingerprint density at radius 2 is 2.07 bits per heavy atom. The lowest BCUT2D eigenvalue weighted by Crippen LogP contribution is -2.14. The molecule has 3 rings (SSSR count). The highest BCUT2D eigenvalue weighted by Gasteiger charge is 2.09. The van der Waals surface area contributed by atoms with Gasteiger partial charge in [-0.1, -0.05) is 17.8 Å². The summed E-state index contributed by atoms with van der Waals surface area (Å²) in [7, 11) is 0. The molecule has 3 N–H and O–H groups in total. The van der Waals surface area contributed by atoms with Crippen LogP contribution in [0.4, 0.5) is 17.5 Å². The molecule has 0 radical (unpaired) electrons. The molecule has 0 fully saturated rings. The highest BCUT2D eigenvalue weighted by atomic mass is 32.2. The first-order chi connectivity index (χ1) is 14.0. The minimum absolute atomic E-state index is 0.0125. The van der Waals surface area contributed by atoms with Crippen molar-refractivity contribution < 1.29 is 9.72 Å². The van der Waals surface area contributed by atoms with Gasteiger partial charge in [0.25, 0.3) is 5.69 Å². The number of non-ortho nitro benzene ring substituents is 1. The number of anilines is 2. The van der Waals surface area contributed by atoms with Crippen molar-refractivity contribution in [2.45, 2.75) is 12.1 Å². The molecule has 2 heterocycles. The first-order valence-electron chi connectivity index (χ1n) is 8.32. The highest BCUT2D eigenvalue weighted by molar-refractivity contribution is 7.99. The van der Waals surface area contributed by atoms with Crippen LogP contribution in [0.5, 0.6) is 0 Å². The molecule has 0 saturated heterocycles. The van der Waals surface area contributed by atoms with E-state index in [0.29, 0.717) is 22.6 Å². The summed E-state index contributed by atoms with van der Waals surface area (Å²) < 4.78 is 0. The van der Waals surface area contributed by atoms with E-state index in [0.717, 1.165) is 17.3 Å². The number of nitro groups is 1. The lowest BCUT2D eigenvalue weighted by molar-refractivity contribution is -0.384. The van der Waals surface area contributed by atoms with Gasteiger partial charge in [-0.3, -0.25) is 14.9 Å². The molecule has 0 unspecified atom stereocenters. The maximum absolute atomic E-state index is 11.9. The van der Waals surface area contributed by atoms with Gasteiger partial charge in [-0.05, 0) is 36.8 Å². The van der Waals surface area contributed by atoms with E-state index in [1.807, 2.05) is 0 Å². The fourth-order valence-electron chi connectivity index (χ4n) is 2.13. The van der Waals surface area contributed by atoms with Crippen LogP contribution in [0.25, 0.3) is 0 Å². The summed E-state index contributed by atoms with van der Waals surface area (Å²) in [5.41, 5.74) is 4.08. The fourth-order valence-corrected chi connectivity index (χ4v) is 2.73. The molecule has 11 nitrogen and oxygen atoms in total. The second-order valence-corrected chi connectivity index (χ2v) is 6.57. The molecule has 0 saturated carbocycles. The molecule has 0 aliphatic carbocycles. The van der Waals surface area contributed by atoms with Crippen LogP contribution in [0.15, 0.2) is 58.9 Å². The van der Waals surface area contributed by atoms with Crippen LogP contribution in [-0.4, -0.2) is 42.5 Å². The Bertz CT molecular complexity index is 1020. The number of H-pyrrole nitrogens is 1. The Kier molecular flexibility index (Phi) is 6.47. The number of benzene rings is 1. The summed E-state index contributed by atoms with van der Waals surface area (Å²) >= 11 is 1.16. The van der Waals surface area contributed by atoms with Crippen molar-refractivity contribution in [2.24, 2.45) is 5.10 Å². The number of hydrogen-bond acceptors (Lipinski definition) is 9. The number of pyridine rings is 1. The average Bonchev–Trinajstić information content (AvgIpc) is 3.19. The number of aromatic nitrogens is 4. The summed E-state index contributed by atoms with van der Waals surface area (Å²) in [6.45, 7) is 1.75. The van der Waals surface area contributed by atoms with Gasteiger partial charge in [-0.15, -0.1) is 5.10 Å². The fraction of sp³-hybridized carbons (Fsp3) is 0.118. The zero-order valence-corrected chi connectivity index (χ0v) is 16.0. The summed E-state index contributed by atoms with van der Waals surface area (Å²) in [6.07, 6.45) is 1.59. The Morgan fingerprint density at radius 1 is 1.28 bits per heavy atom. The second kappa shape index (κ2) is 9.41. The standard InChI is InChI=1S/C17H16N8O3S/c1-11(12-5-7-13(8-6-12)25(27)28)21-22-16-20-17(24-23-16)29-10-15(26)19-14-4-2-3-9-18-14/h2-9H,10H2,1H3,(H,18,19,26)(H2,20,22,23,24)/b21-11-. The van der Waals surface area contributed by atoms with Crippen LogP contribution >= 0.6 is 11.8 Å². The number of hydrazone groups is 1. The van der Waals surface area contributed by atoms with Gasteiger partial charge in [0.05, 0.1) is 16.4 Å². The van der Waals surface area contributed by atoms with Crippen LogP contribution in [0.2, 0.25) is 0 Å². The molecule has 2 aromatic heterocycles. The smallest absolute Gasteiger partial charge is 0.269 e. The number of amides is 1. The van der Waals surface area contributed by atoms with Gasteiger partial charge in [-0.25, -0.2) is 15.5 Å². The molecule has 29 heavy (non-hydrogen) atoms. The van der Waals surface area contributed by atoms with Gasteiger partial charge in [0.1, 0.15) is 5.82 Å². The third kappa shape index (κ3) is 5.84. The molecule has 0 aliphatic rings. The van der Waals surface area contributed by atoms with Crippen molar-refractivity contribution in [3.63, 3.8) is 0 Å². The number of rotatable bonds is 8. The minimum Gasteiger partial charge on any atom is -0.310 e. The summed E-state index contributed by atoms with van der Waals surface area (Å²) in [6, 6.07) is 11.3. The molecule has 1 amide bonds. The second-order valence-electron chi connectivity index (χ2n) is 5.63.